The van der Waals surface area contributed by atoms with Gasteiger partial charge in [-0.25, -0.2) is 18.0 Å². The van der Waals surface area contributed by atoms with E-state index in [9.17, 15) is 36.0 Å². The summed E-state index contributed by atoms with van der Waals surface area (Å²) < 4.78 is 67.6. The van der Waals surface area contributed by atoms with Crippen molar-refractivity contribution in [1.29, 1.82) is 0 Å². The molecule has 0 aliphatic carbocycles. The van der Waals surface area contributed by atoms with Crippen LogP contribution in [0.4, 0.5) is 13.2 Å². The predicted molar refractivity (Wildman–Crippen MR) is 118 cm³/mol. The molecule has 10 nitrogen and oxygen atoms in total. The summed E-state index contributed by atoms with van der Waals surface area (Å²) in [5, 5.41) is 3.65. The number of H-pyrrole nitrogens is 1. The molecule has 2 heterocycles. The molecule has 0 saturated carbocycles. The van der Waals surface area contributed by atoms with Crippen LogP contribution in [0.1, 0.15) is 45.2 Å². The normalized spacial score (nSPS) is 12.4. The maximum absolute atomic E-state index is 13.9. The Kier molecular flexibility index (Phi) is 6.73. The molecular weight excluding hydrogens is 479 g/mol. The third-order valence-electron chi connectivity index (χ3n) is 4.89. The highest BCUT2D eigenvalue weighted by atomic mass is 32.2. The van der Waals surface area contributed by atoms with Gasteiger partial charge in [0.15, 0.2) is 0 Å². The van der Waals surface area contributed by atoms with E-state index in [0.717, 1.165) is 6.07 Å². The summed E-state index contributed by atoms with van der Waals surface area (Å²) in [7, 11) is -4.42. The van der Waals surface area contributed by atoms with Crippen LogP contribution in [0, 0.1) is 0 Å². The van der Waals surface area contributed by atoms with Crippen LogP contribution >= 0.6 is 0 Å². The van der Waals surface area contributed by atoms with Crippen molar-refractivity contribution in [2.24, 2.45) is 0 Å². The molecular formula is C20H22F3N5O5S. The van der Waals surface area contributed by atoms with E-state index in [-0.39, 0.29) is 33.8 Å². The summed E-state index contributed by atoms with van der Waals surface area (Å²) in [4.78, 5) is 40.9. The Morgan fingerprint density at radius 1 is 1.24 bits per heavy atom. The summed E-state index contributed by atoms with van der Waals surface area (Å²) in [5.74, 6) is -1.59. The number of hydrogen-bond donors (Lipinski definition) is 2. The Morgan fingerprint density at radius 2 is 1.91 bits per heavy atom. The predicted octanol–water partition coefficient (Wildman–Crippen LogP) is 2.40. The minimum absolute atomic E-state index is 0.0169. The molecule has 184 valence electrons. The van der Waals surface area contributed by atoms with Gasteiger partial charge in [0.1, 0.15) is 11.5 Å². The van der Waals surface area contributed by atoms with Crippen molar-refractivity contribution in [3.05, 3.63) is 50.8 Å². The smallest absolute Gasteiger partial charge is 0.305 e. The first-order chi connectivity index (χ1) is 15.7. The summed E-state index contributed by atoms with van der Waals surface area (Å²) in [5.41, 5.74) is -4.34. The second-order valence-electron chi connectivity index (χ2n) is 7.91. The summed E-state index contributed by atoms with van der Waals surface area (Å²) in [6, 6.07) is 2.60. The molecule has 3 rings (SSSR count). The van der Waals surface area contributed by atoms with E-state index in [4.69, 9.17) is 0 Å². The number of benzene rings is 1. The number of rotatable bonds is 8. The molecule has 0 atom stereocenters. The second kappa shape index (κ2) is 9.08. The van der Waals surface area contributed by atoms with Gasteiger partial charge >= 0.3 is 11.9 Å². The molecule has 1 aromatic carbocycles. The van der Waals surface area contributed by atoms with E-state index in [1.807, 2.05) is 0 Å². The number of halogens is 3. The summed E-state index contributed by atoms with van der Waals surface area (Å²) in [6.45, 7) is 5.10. The molecule has 14 heteroatoms. The van der Waals surface area contributed by atoms with E-state index in [0.29, 0.717) is 12.5 Å². The third kappa shape index (κ3) is 5.05. The van der Waals surface area contributed by atoms with Crippen LogP contribution in [0.25, 0.3) is 22.2 Å². The number of hydrogen-bond acceptors (Lipinski definition) is 6. The van der Waals surface area contributed by atoms with E-state index in [2.05, 4.69) is 10.1 Å². The average molecular weight is 501 g/mol. The molecule has 0 bridgehead atoms. The fourth-order valence-corrected chi connectivity index (χ4v) is 4.54. The van der Waals surface area contributed by atoms with Gasteiger partial charge in [-0.15, -0.1) is 0 Å². The molecule has 0 spiro atoms. The Balaban J connectivity index is 2.24. The van der Waals surface area contributed by atoms with Gasteiger partial charge in [-0.3, -0.25) is 14.3 Å². The topological polar surface area (TPSA) is 136 Å². The van der Waals surface area contributed by atoms with Gasteiger partial charge in [-0.05, 0) is 38.5 Å². The lowest BCUT2D eigenvalue weighted by atomic mass is 10.0. The van der Waals surface area contributed by atoms with Crippen LogP contribution in [0.3, 0.4) is 0 Å². The zero-order valence-corrected chi connectivity index (χ0v) is 19.2. The van der Waals surface area contributed by atoms with Crippen molar-refractivity contribution in [1.82, 2.24) is 19.4 Å². The maximum atomic E-state index is 13.9. The zero-order valence-electron chi connectivity index (χ0n) is 18.4. The third-order valence-corrected chi connectivity index (χ3v) is 6.05. The summed E-state index contributed by atoms with van der Waals surface area (Å²) in [6.07, 6.45) is -3.13. The zero-order chi connectivity index (χ0) is 25.4. The van der Waals surface area contributed by atoms with Gasteiger partial charge in [0.25, 0.3) is 15.6 Å². The Morgan fingerprint density at radius 3 is 2.50 bits per heavy atom. The van der Waals surface area contributed by atoms with Crippen molar-refractivity contribution < 1.29 is 26.4 Å². The van der Waals surface area contributed by atoms with Gasteiger partial charge in [0, 0.05) is 24.2 Å². The molecule has 2 aromatic heterocycles. The SMILES string of the molecule is CCCC(=O)CS(=O)(=O)Nn1c(=O)[nH]c2cc(C(F)(F)F)c(-c3ccnn3C(C)C)cc2c1=O. The molecule has 0 radical (unpaired) electrons. The van der Waals surface area contributed by atoms with Gasteiger partial charge in [0.2, 0.25) is 0 Å². The van der Waals surface area contributed by atoms with Gasteiger partial charge in [0.05, 0.1) is 22.2 Å². The van der Waals surface area contributed by atoms with E-state index in [1.165, 1.54) is 16.9 Å². The maximum Gasteiger partial charge on any atom is 0.417 e. The number of alkyl halides is 3. The number of carbonyl (C=O) groups is 1. The standard InChI is InChI=1S/C20H22F3N5O5S/c1-4-5-12(29)10-34(32,33)26-28-18(30)14-8-13(17-6-7-24-27(17)11(2)3)15(20(21,22)23)9-16(14)25-19(28)31/h6-9,11,26H,4-5,10H2,1-3H3,(H,25,31). The Hall–Kier alpha value is -3.42. The highest BCUT2D eigenvalue weighted by Gasteiger charge is 2.35. The molecule has 2 N–H and O–H groups in total. The van der Waals surface area contributed by atoms with Crippen LogP contribution in [-0.4, -0.2) is 39.4 Å². The number of sulfonamides is 1. The first kappa shape index (κ1) is 25.2. The lowest BCUT2D eigenvalue weighted by Gasteiger charge is -2.17. The molecule has 0 amide bonds. The fourth-order valence-electron chi connectivity index (χ4n) is 3.47. The van der Waals surface area contributed by atoms with Gasteiger partial charge in [-0.1, -0.05) is 6.92 Å². The minimum atomic E-state index is -4.83. The van der Waals surface area contributed by atoms with E-state index in [1.54, 1.807) is 25.6 Å². The van der Waals surface area contributed by atoms with Crippen molar-refractivity contribution in [2.45, 2.75) is 45.8 Å². The molecule has 0 aliphatic heterocycles. The van der Waals surface area contributed by atoms with Gasteiger partial charge < -0.3 is 4.98 Å². The molecule has 34 heavy (non-hydrogen) atoms. The minimum Gasteiger partial charge on any atom is -0.305 e. The van der Waals surface area contributed by atoms with Crippen LogP contribution in [0.5, 0.6) is 0 Å². The lowest BCUT2D eigenvalue weighted by molar-refractivity contribution is -0.137. The quantitative estimate of drug-likeness (QED) is 0.487. The highest BCUT2D eigenvalue weighted by molar-refractivity contribution is 7.93. The number of fused-ring (bicyclic) bond motifs is 1. The number of aromatic amines is 1. The van der Waals surface area contributed by atoms with Crippen LogP contribution in [0.15, 0.2) is 34.0 Å². The van der Waals surface area contributed by atoms with Crippen LogP contribution in [0.2, 0.25) is 0 Å². The van der Waals surface area contributed by atoms with Crippen LogP contribution in [-0.2, 0) is 21.0 Å². The summed E-state index contributed by atoms with van der Waals surface area (Å²) >= 11 is 0. The monoisotopic (exact) mass is 501 g/mol. The van der Waals surface area contributed by atoms with Crippen molar-refractivity contribution in [3.63, 3.8) is 0 Å². The highest BCUT2D eigenvalue weighted by Crippen LogP contribution is 2.39. The molecule has 3 aromatic rings. The molecule has 0 aliphatic rings. The van der Waals surface area contributed by atoms with Gasteiger partial charge in [-0.2, -0.15) is 22.9 Å². The fraction of sp³-hybridized carbons (Fsp3) is 0.400. The Bertz CT molecular complexity index is 1470. The largest absolute Gasteiger partial charge is 0.417 e. The molecule has 0 fully saturated rings. The van der Waals surface area contributed by atoms with Crippen LogP contribution < -0.4 is 16.1 Å². The lowest BCUT2D eigenvalue weighted by Crippen LogP contribution is -2.45. The number of nitrogens with zero attached hydrogens (tertiary/aromatic N) is 3. The number of carbonyl (C=O) groups excluding carboxylic acids is 1. The number of aromatic nitrogens is 4. The van der Waals surface area contributed by atoms with Crippen molar-refractivity contribution in [2.75, 3.05) is 10.6 Å². The van der Waals surface area contributed by atoms with Crippen molar-refractivity contribution in [3.8, 4) is 11.3 Å². The van der Waals surface area contributed by atoms with Crippen molar-refractivity contribution >= 4 is 26.7 Å². The number of nitrogens with one attached hydrogen (secondary N) is 2. The number of ketones is 1. The van der Waals surface area contributed by atoms with E-state index < -0.39 is 50.1 Å². The Labute approximate surface area is 191 Å². The molecule has 0 unspecified atom stereocenters. The average Bonchev–Trinajstić information content (AvgIpc) is 3.19. The first-order valence-electron chi connectivity index (χ1n) is 10.2. The van der Waals surface area contributed by atoms with E-state index >= 15 is 0 Å². The first-order valence-corrected chi connectivity index (χ1v) is 11.9. The number of Topliss-reactive ketones (excluding diaryl/α,β-unsaturated/α-hetero) is 1. The molecule has 0 saturated heterocycles. The second-order valence-corrected chi connectivity index (χ2v) is 9.61.